The molecule has 1 aromatic heterocycles. The molecule has 0 saturated heterocycles. The van der Waals surface area contributed by atoms with Gasteiger partial charge in [0.1, 0.15) is 0 Å². The lowest BCUT2D eigenvalue weighted by Gasteiger charge is -2.09. The number of carbonyl (C=O) groups is 1. The second-order valence-corrected chi connectivity index (χ2v) is 5.94. The van der Waals surface area contributed by atoms with E-state index in [-0.39, 0.29) is 5.91 Å². The summed E-state index contributed by atoms with van der Waals surface area (Å²) in [7, 11) is 0. The lowest BCUT2D eigenvalue weighted by atomic mass is 10.1. The number of aromatic nitrogens is 2. The van der Waals surface area contributed by atoms with Crippen molar-refractivity contribution in [1.29, 1.82) is 0 Å². The molecule has 0 atom stereocenters. The van der Waals surface area contributed by atoms with E-state index in [1.165, 1.54) is 5.56 Å². The van der Waals surface area contributed by atoms with Crippen LogP contribution in [-0.2, 0) is 11.2 Å². The van der Waals surface area contributed by atoms with Crippen LogP contribution in [0.2, 0.25) is 0 Å². The van der Waals surface area contributed by atoms with Gasteiger partial charge in [-0.2, -0.15) is 0 Å². The fourth-order valence-corrected chi connectivity index (χ4v) is 2.64. The Balaban J connectivity index is 1.56. The summed E-state index contributed by atoms with van der Waals surface area (Å²) in [5, 5.41) is 2.86. The topological polar surface area (TPSA) is 54.9 Å². The van der Waals surface area contributed by atoms with E-state index in [0.717, 1.165) is 29.8 Å². The fraction of sp³-hybridized carbons (Fsp3) is 0.190. The molecule has 0 fully saturated rings. The minimum absolute atomic E-state index is 0.0270. The van der Waals surface area contributed by atoms with Gasteiger partial charge in [-0.3, -0.25) is 4.79 Å². The molecule has 0 aliphatic carbocycles. The van der Waals surface area contributed by atoms with E-state index in [1.807, 2.05) is 55.5 Å². The van der Waals surface area contributed by atoms with E-state index < -0.39 is 0 Å². The van der Waals surface area contributed by atoms with Crippen LogP contribution in [0.1, 0.15) is 24.1 Å². The van der Waals surface area contributed by atoms with Crippen LogP contribution in [-0.4, -0.2) is 15.9 Å². The summed E-state index contributed by atoms with van der Waals surface area (Å²) in [5.41, 5.74) is 3.79. The monoisotopic (exact) mass is 331 g/mol. The van der Waals surface area contributed by atoms with Gasteiger partial charge < -0.3 is 5.32 Å². The van der Waals surface area contributed by atoms with Crippen LogP contribution in [0, 0.1) is 6.92 Å². The van der Waals surface area contributed by atoms with E-state index in [1.54, 1.807) is 6.20 Å². The first-order valence-electron chi connectivity index (χ1n) is 8.45. The van der Waals surface area contributed by atoms with E-state index >= 15 is 0 Å². The fourth-order valence-electron chi connectivity index (χ4n) is 2.64. The number of nitrogens with zero attached hydrogens (tertiary/aromatic N) is 2. The molecule has 0 radical (unpaired) electrons. The van der Waals surface area contributed by atoms with Crippen LogP contribution in [0.5, 0.6) is 0 Å². The van der Waals surface area contributed by atoms with Gasteiger partial charge in [0.15, 0.2) is 5.82 Å². The van der Waals surface area contributed by atoms with Gasteiger partial charge in [-0.15, -0.1) is 0 Å². The van der Waals surface area contributed by atoms with Crippen molar-refractivity contribution in [2.45, 2.75) is 26.2 Å². The van der Waals surface area contributed by atoms with E-state index in [0.29, 0.717) is 12.2 Å². The lowest BCUT2D eigenvalue weighted by molar-refractivity contribution is -0.116. The second kappa shape index (κ2) is 8.20. The minimum Gasteiger partial charge on any atom is -0.309 e. The van der Waals surface area contributed by atoms with Crippen LogP contribution in [0.4, 0.5) is 5.82 Å². The minimum atomic E-state index is -0.0270. The Labute approximate surface area is 148 Å². The summed E-state index contributed by atoms with van der Waals surface area (Å²) >= 11 is 0. The van der Waals surface area contributed by atoms with Gasteiger partial charge in [-0.05, 0) is 25.3 Å². The van der Waals surface area contributed by atoms with Gasteiger partial charge in [0.2, 0.25) is 5.91 Å². The Kier molecular flexibility index (Phi) is 5.52. The lowest BCUT2D eigenvalue weighted by Crippen LogP contribution is -2.14. The molecule has 1 amide bonds. The Morgan fingerprint density at radius 1 is 1.00 bits per heavy atom. The van der Waals surface area contributed by atoms with Crippen LogP contribution in [0.25, 0.3) is 11.3 Å². The third kappa shape index (κ3) is 4.73. The van der Waals surface area contributed by atoms with Crippen molar-refractivity contribution >= 4 is 11.7 Å². The predicted octanol–water partition coefficient (Wildman–Crippen LogP) is 4.41. The SMILES string of the molecule is Cc1nc(-c2ccccc2)cnc1NC(=O)CCCc1ccccc1. The first-order valence-corrected chi connectivity index (χ1v) is 8.45. The van der Waals surface area contributed by atoms with Crippen LogP contribution in [0.15, 0.2) is 66.9 Å². The molecule has 0 saturated carbocycles. The number of carbonyl (C=O) groups excluding carboxylic acids is 1. The number of rotatable bonds is 6. The summed E-state index contributed by atoms with van der Waals surface area (Å²) in [6.07, 6.45) is 3.87. The maximum Gasteiger partial charge on any atom is 0.225 e. The highest BCUT2D eigenvalue weighted by Crippen LogP contribution is 2.19. The third-order valence-electron chi connectivity index (χ3n) is 3.99. The van der Waals surface area contributed by atoms with Crippen LogP contribution in [0.3, 0.4) is 0 Å². The summed E-state index contributed by atoms with van der Waals surface area (Å²) in [6.45, 7) is 1.86. The van der Waals surface area contributed by atoms with Gasteiger partial charge >= 0.3 is 0 Å². The zero-order valence-electron chi connectivity index (χ0n) is 14.3. The molecule has 3 rings (SSSR count). The van der Waals surface area contributed by atoms with Gasteiger partial charge in [0.05, 0.1) is 17.6 Å². The molecule has 0 aliphatic rings. The third-order valence-corrected chi connectivity index (χ3v) is 3.99. The largest absolute Gasteiger partial charge is 0.309 e. The van der Waals surface area contributed by atoms with Gasteiger partial charge in [-0.1, -0.05) is 60.7 Å². The first kappa shape index (κ1) is 16.8. The number of nitrogens with one attached hydrogen (secondary N) is 1. The van der Waals surface area contributed by atoms with Crippen molar-refractivity contribution in [3.63, 3.8) is 0 Å². The van der Waals surface area contributed by atoms with Crippen molar-refractivity contribution < 1.29 is 4.79 Å². The molecule has 0 bridgehead atoms. The summed E-state index contributed by atoms with van der Waals surface area (Å²) in [5.74, 6) is 0.505. The zero-order chi connectivity index (χ0) is 17.5. The highest BCUT2D eigenvalue weighted by atomic mass is 16.1. The molecule has 2 aromatic carbocycles. The molecular formula is C21H21N3O. The van der Waals surface area contributed by atoms with Crippen molar-refractivity contribution in [2.24, 2.45) is 0 Å². The van der Waals surface area contributed by atoms with Crippen molar-refractivity contribution in [3.8, 4) is 11.3 Å². The van der Waals surface area contributed by atoms with E-state index in [2.05, 4.69) is 27.4 Å². The maximum absolute atomic E-state index is 12.1. The second-order valence-electron chi connectivity index (χ2n) is 5.94. The average molecular weight is 331 g/mol. The Bertz CT molecular complexity index is 832. The first-order chi connectivity index (χ1) is 12.2. The summed E-state index contributed by atoms with van der Waals surface area (Å²) in [4.78, 5) is 21.0. The number of amides is 1. The molecule has 3 aromatic rings. The Morgan fingerprint density at radius 2 is 1.68 bits per heavy atom. The maximum atomic E-state index is 12.1. The van der Waals surface area contributed by atoms with Gasteiger partial charge in [0, 0.05) is 12.0 Å². The number of benzene rings is 2. The molecule has 0 aliphatic heterocycles. The molecule has 4 heteroatoms. The van der Waals surface area contributed by atoms with E-state index in [4.69, 9.17) is 0 Å². The number of hydrogen-bond donors (Lipinski definition) is 1. The molecule has 0 unspecified atom stereocenters. The van der Waals surface area contributed by atoms with Crippen molar-refractivity contribution in [3.05, 3.63) is 78.1 Å². The highest BCUT2D eigenvalue weighted by molar-refractivity contribution is 5.90. The van der Waals surface area contributed by atoms with Gasteiger partial charge in [0.25, 0.3) is 0 Å². The number of anilines is 1. The average Bonchev–Trinajstić information content (AvgIpc) is 2.65. The molecule has 4 nitrogen and oxygen atoms in total. The molecule has 126 valence electrons. The van der Waals surface area contributed by atoms with Gasteiger partial charge in [-0.25, -0.2) is 9.97 Å². The Hall–Kier alpha value is -3.01. The number of aryl methyl sites for hydroxylation is 2. The highest BCUT2D eigenvalue weighted by Gasteiger charge is 2.09. The van der Waals surface area contributed by atoms with Crippen molar-refractivity contribution in [2.75, 3.05) is 5.32 Å². The molecule has 1 N–H and O–H groups in total. The smallest absolute Gasteiger partial charge is 0.225 e. The molecule has 25 heavy (non-hydrogen) atoms. The summed E-state index contributed by atoms with van der Waals surface area (Å²) < 4.78 is 0. The quantitative estimate of drug-likeness (QED) is 0.728. The predicted molar refractivity (Wildman–Crippen MR) is 100 cm³/mol. The zero-order valence-corrected chi connectivity index (χ0v) is 14.3. The molecule has 1 heterocycles. The standard InChI is InChI=1S/C21H21N3O/c1-16-21(22-15-19(23-16)18-12-6-3-7-13-18)24-20(25)14-8-11-17-9-4-2-5-10-17/h2-7,9-10,12-13,15H,8,11,14H2,1H3,(H,22,24,25). The number of hydrogen-bond acceptors (Lipinski definition) is 3. The van der Waals surface area contributed by atoms with Crippen LogP contribution < -0.4 is 5.32 Å². The van der Waals surface area contributed by atoms with E-state index in [9.17, 15) is 4.79 Å². The summed E-state index contributed by atoms with van der Waals surface area (Å²) in [6, 6.07) is 20.1. The molecule has 0 spiro atoms. The normalized spacial score (nSPS) is 10.4. The van der Waals surface area contributed by atoms with Crippen LogP contribution >= 0.6 is 0 Å². The molecular weight excluding hydrogens is 310 g/mol. The van der Waals surface area contributed by atoms with Crippen molar-refractivity contribution in [1.82, 2.24) is 9.97 Å². The Morgan fingerprint density at radius 3 is 2.36 bits per heavy atom.